The third kappa shape index (κ3) is 2.76. The number of rotatable bonds is 3. The molecule has 0 unspecified atom stereocenters. The number of aryl methyl sites for hydroxylation is 1. The minimum atomic E-state index is 0.0924. The van der Waals surface area contributed by atoms with Crippen LogP contribution in [0.25, 0.3) is 0 Å². The van der Waals surface area contributed by atoms with E-state index >= 15 is 0 Å². The quantitative estimate of drug-likeness (QED) is 0.816. The van der Waals surface area contributed by atoms with Crippen LogP contribution in [0.1, 0.15) is 18.3 Å². The molecule has 0 aliphatic carbocycles. The average Bonchev–Trinajstić information content (AvgIpc) is 2.25. The first kappa shape index (κ1) is 12.8. The Balaban J connectivity index is 2.03. The summed E-state index contributed by atoms with van der Waals surface area (Å²) in [5, 5.41) is 3.15. The molecule has 4 heteroatoms. The molecule has 0 radical (unpaired) electrons. The predicted molar refractivity (Wildman–Crippen MR) is 71.0 cm³/mol. The smallest absolute Gasteiger partial charge is 0.249 e. The van der Waals surface area contributed by atoms with E-state index in [0.29, 0.717) is 6.54 Å². The van der Waals surface area contributed by atoms with Crippen LogP contribution in [0.2, 0.25) is 0 Å². The van der Waals surface area contributed by atoms with E-state index in [1.165, 1.54) is 5.57 Å². The average molecular weight is 245 g/mol. The Bertz CT molecular complexity index is 488. The van der Waals surface area contributed by atoms with Gasteiger partial charge in [0.05, 0.1) is 12.2 Å². The summed E-state index contributed by atoms with van der Waals surface area (Å²) in [6.45, 7) is 6.10. The first-order valence-corrected chi connectivity index (χ1v) is 6.15. The van der Waals surface area contributed by atoms with Gasteiger partial charge in [-0.05, 0) is 31.6 Å². The fourth-order valence-electron chi connectivity index (χ4n) is 1.96. The lowest BCUT2D eigenvalue weighted by atomic mass is 10.0. The molecule has 0 spiro atoms. The van der Waals surface area contributed by atoms with Gasteiger partial charge in [-0.2, -0.15) is 0 Å². The van der Waals surface area contributed by atoms with Gasteiger partial charge in [0, 0.05) is 31.4 Å². The Hall–Kier alpha value is -1.68. The van der Waals surface area contributed by atoms with Gasteiger partial charge in [0.15, 0.2) is 0 Å². The van der Waals surface area contributed by atoms with E-state index in [1.807, 2.05) is 39.1 Å². The van der Waals surface area contributed by atoms with Crippen LogP contribution >= 0.6 is 0 Å². The summed E-state index contributed by atoms with van der Waals surface area (Å²) < 4.78 is 0. The highest BCUT2D eigenvalue weighted by molar-refractivity contribution is 5.93. The number of hydrogen-bond acceptors (Lipinski definition) is 3. The van der Waals surface area contributed by atoms with Crippen molar-refractivity contribution in [2.24, 2.45) is 0 Å². The fourth-order valence-corrected chi connectivity index (χ4v) is 1.96. The second-order valence-corrected chi connectivity index (χ2v) is 4.76. The molecule has 4 nitrogen and oxygen atoms in total. The molecule has 0 aromatic carbocycles. The van der Waals surface area contributed by atoms with Crippen molar-refractivity contribution < 1.29 is 4.79 Å². The summed E-state index contributed by atoms with van der Waals surface area (Å²) in [6, 6.07) is 5.87. The second-order valence-electron chi connectivity index (χ2n) is 4.76. The number of nitrogens with one attached hydrogen (secondary N) is 1. The molecule has 1 aromatic heterocycles. The number of likely N-dealkylation sites (N-methyl/N-ethyl adjacent to an activating group) is 1. The van der Waals surface area contributed by atoms with Crippen LogP contribution in [0.15, 0.2) is 29.3 Å². The molecule has 0 bridgehead atoms. The highest BCUT2D eigenvalue weighted by Crippen LogP contribution is 2.12. The molecule has 1 fully saturated rings. The fraction of sp³-hybridized carbons (Fsp3) is 0.429. The van der Waals surface area contributed by atoms with Crippen LogP contribution in [0.4, 0.5) is 0 Å². The highest BCUT2D eigenvalue weighted by Gasteiger charge is 2.19. The standard InChI is InChI=1S/C14H19N3O/c1-10-5-4-6-13(16-10)9-17(3)14(18)11(2)12-7-15-8-12/h4-6,15H,7-9H2,1-3H3. The molecule has 1 amide bonds. The lowest BCUT2D eigenvalue weighted by molar-refractivity contribution is -0.126. The van der Waals surface area contributed by atoms with Gasteiger partial charge in [-0.1, -0.05) is 6.07 Å². The molecule has 1 aliphatic heterocycles. The van der Waals surface area contributed by atoms with E-state index in [9.17, 15) is 4.79 Å². The largest absolute Gasteiger partial charge is 0.336 e. The molecule has 96 valence electrons. The Kier molecular flexibility index (Phi) is 3.77. The van der Waals surface area contributed by atoms with Crippen LogP contribution < -0.4 is 5.32 Å². The zero-order valence-corrected chi connectivity index (χ0v) is 11.2. The van der Waals surface area contributed by atoms with E-state index in [2.05, 4.69) is 10.3 Å². The summed E-state index contributed by atoms with van der Waals surface area (Å²) in [5.74, 6) is 0.0924. The molecule has 0 saturated carbocycles. The molecule has 2 heterocycles. The van der Waals surface area contributed by atoms with Crippen molar-refractivity contribution >= 4 is 5.91 Å². The molecule has 0 atom stereocenters. The van der Waals surface area contributed by atoms with E-state index in [1.54, 1.807) is 4.90 Å². The maximum absolute atomic E-state index is 12.2. The third-order valence-electron chi connectivity index (χ3n) is 3.22. The molecule has 1 saturated heterocycles. The minimum absolute atomic E-state index is 0.0924. The van der Waals surface area contributed by atoms with Gasteiger partial charge in [-0.15, -0.1) is 0 Å². The number of pyridine rings is 1. The number of amides is 1. The topological polar surface area (TPSA) is 45.2 Å². The second kappa shape index (κ2) is 5.31. The predicted octanol–water partition coefficient (Wildman–Crippen LogP) is 1.27. The van der Waals surface area contributed by atoms with Crippen LogP contribution in [-0.2, 0) is 11.3 Å². The molecular formula is C14H19N3O. The van der Waals surface area contributed by atoms with E-state index in [0.717, 1.165) is 30.1 Å². The van der Waals surface area contributed by atoms with Gasteiger partial charge in [-0.25, -0.2) is 0 Å². The van der Waals surface area contributed by atoms with Crippen LogP contribution in [0.3, 0.4) is 0 Å². The Morgan fingerprint density at radius 1 is 1.44 bits per heavy atom. The molecule has 1 aliphatic rings. The van der Waals surface area contributed by atoms with Crippen molar-refractivity contribution in [1.29, 1.82) is 0 Å². The van der Waals surface area contributed by atoms with Crippen LogP contribution in [0.5, 0.6) is 0 Å². The SMILES string of the molecule is CC(C(=O)N(C)Cc1cccc(C)n1)=C1CNC1. The van der Waals surface area contributed by atoms with E-state index in [4.69, 9.17) is 0 Å². The number of aromatic nitrogens is 1. The highest BCUT2D eigenvalue weighted by atomic mass is 16.2. The van der Waals surface area contributed by atoms with Crippen LogP contribution in [0, 0.1) is 6.92 Å². The van der Waals surface area contributed by atoms with Gasteiger partial charge in [-0.3, -0.25) is 9.78 Å². The van der Waals surface area contributed by atoms with Crippen molar-refractivity contribution in [2.45, 2.75) is 20.4 Å². The maximum Gasteiger partial charge on any atom is 0.249 e. The lowest BCUT2D eigenvalue weighted by Crippen LogP contribution is -2.38. The number of carbonyl (C=O) groups is 1. The zero-order chi connectivity index (χ0) is 13.1. The van der Waals surface area contributed by atoms with Crippen molar-refractivity contribution in [3.8, 4) is 0 Å². The van der Waals surface area contributed by atoms with Gasteiger partial charge in [0.2, 0.25) is 5.91 Å². The van der Waals surface area contributed by atoms with Crippen LogP contribution in [-0.4, -0.2) is 35.9 Å². The minimum Gasteiger partial charge on any atom is -0.336 e. The summed E-state index contributed by atoms with van der Waals surface area (Å²) in [5.41, 5.74) is 3.98. The molecule has 1 aromatic rings. The first-order valence-electron chi connectivity index (χ1n) is 6.15. The summed E-state index contributed by atoms with van der Waals surface area (Å²) in [7, 11) is 1.82. The number of nitrogens with zero attached hydrogens (tertiary/aromatic N) is 2. The van der Waals surface area contributed by atoms with Gasteiger partial charge in [0.1, 0.15) is 0 Å². The monoisotopic (exact) mass is 245 g/mol. The van der Waals surface area contributed by atoms with Gasteiger partial charge in [0.25, 0.3) is 0 Å². The summed E-state index contributed by atoms with van der Waals surface area (Å²) in [6.07, 6.45) is 0. The summed E-state index contributed by atoms with van der Waals surface area (Å²) in [4.78, 5) is 18.3. The zero-order valence-electron chi connectivity index (χ0n) is 11.2. The van der Waals surface area contributed by atoms with Crippen molar-refractivity contribution in [3.63, 3.8) is 0 Å². The number of hydrogen-bond donors (Lipinski definition) is 1. The van der Waals surface area contributed by atoms with E-state index < -0.39 is 0 Å². The first-order chi connectivity index (χ1) is 8.58. The Morgan fingerprint density at radius 2 is 2.17 bits per heavy atom. The summed E-state index contributed by atoms with van der Waals surface area (Å²) >= 11 is 0. The van der Waals surface area contributed by atoms with Gasteiger partial charge >= 0.3 is 0 Å². The van der Waals surface area contributed by atoms with Gasteiger partial charge < -0.3 is 10.2 Å². The third-order valence-corrected chi connectivity index (χ3v) is 3.22. The Labute approximate surface area is 108 Å². The lowest BCUT2D eigenvalue weighted by Gasteiger charge is -2.24. The molecule has 2 rings (SSSR count). The molecular weight excluding hydrogens is 226 g/mol. The van der Waals surface area contributed by atoms with Crippen molar-refractivity contribution in [2.75, 3.05) is 20.1 Å². The maximum atomic E-state index is 12.2. The molecule has 18 heavy (non-hydrogen) atoms. The van der Waals surface area contributed by atoms with Crippen molar-refractivity contribution in [1.82, 2.24) is 15.2 Å². The number of carbonyl (C=O) groups excluding carboxylic acids is 1. The molecule has 1 N–H and O–H groups in total. The van der Waals surface area contributed by atoms with E-state index in [-0.39, 0.29) is 5.91 Å². The Morgan fingerprint density at radius 3 is 2.72 bits per heavy atom. The normalized spacial score (nSPS) is 14.1. The van der Waals surface area contributed by atoms with Crippen molar-refractivity contribution in [3.05, 3.63) is 40.7 Å².